The van der Waals surface area contributed by atoms with E-state index >= 15 is 0 Å². The number of benzene rings is 1. The zero-order chi connectivity index (χ0) is 15.3. The molecule has 0 saturated carbocycles. The third-order valence-electron chi connectivity index (χ3n) is 2.50. The minimum atomic E-state index is -3.78. The van der Waals surface area contributed by atoms with Gasteiger partial charge in [-0.05, 0) is 40.5 Å². The quantitative estimate of drug-likeness (QED) is 0.672. The maximum atomic E-state index is 11.8. The van der Waals surface area contributed by atoms with Crippen molar-refractivity contribution in [2.24, 2.45) is 10.9 Å². The molecule has 0 aliphatic carbocycles. The number of nitrogens with two attached hydrogens (primary N) is 2. The van der Waals surface area contributed by atoms with Crippen LogP contribution in [0.25, 0.3) is 0 Å². The molecule has 0 fully saturated rings. The SMILES string of the molecule is COCCC(N)C(=O)Nc1ccc(S(N)(=O)=O)cc1Br. The van der Waals surface area contributed by atoms with Gasteiger partial charge in [-0.2, -0.15) is 0 Å². The molecule has 112 valence electrons. The standard InChI is InChI=1S/C11H16BrN3O4S/c1-19-5-4-9(13)11(16)15-10-3-2-7(6-8(10)12)20(14,17)18/h2-3,6,9H,4-5,13H2,1H3,(H,15,16)(H2,14,17,18). The predicted octanol–water partition coefficient (Wildman–Crippen LogP) is 0.399. The summed E-state index contributed by atoms with van der Waals surface area (Å²) in [4.78, 5) is 11.7. The fourth-order valence-corrected chi connectivity index (χ4v) is 2.54. The highest BCUT2D eigenvalue weighted by Gasteiger charge is 2.16. The molecule has 0 heterocycles. The normalized spacial score (nSPS) is 13.0. The molecule has 0 saturated heterocycles. The number of amides is 1. The van der Waals surface area contributed by atoms with Crippen LogP contribution in [0, 0.1) is 0 Å². The number of methoxy groups -OCH3 is 1. The Morgan fingerprint density at radius 3 is 2.65 bits per heavy atom. The second-order valence-electron chi connectivity index (χ2n) is 4.06. The van der Waals surface area contributed by atoms with Gasteiger partial charge in [0.15, 0.2) is 0 Å². The minimum Gasteiger partial charge on any atom is -0.385 e. The zero-order valence-electron chi connectivity index (χ0n) is 10.8. The molecule has 1 aromatic carbocycles. The summed E-state index contributed by atoms with van der Waals surface area (Å²) in [6, 6.07) is 3.34. The molecule has 0 aliphatic rings. The maximum absolute atomic E-state index is 11.8. The lowest BCUT2D eigenvalue weighted by molar-refractivity contribution is -0.117. The van der Waals surface area contributed by atoms with Crippen LogP contribution in [0.4, 0.5) is 5.69 Å². The van der Waals surface area contributed by atoms with E-state index in [1.807, 2.05) is 0 Å². The van der Waals surface area contributed by atoms with Crippen molar-refractivity contribution in [1.29, 1.82) is 0 Å². The molecule has 1 amide bonds. The zero-order valence-corrected chi connectivity index (χ0v) is 13.2. The topological polar surface area (TPSA) is 125 Å². The van der Waals surface area contributed by atoms with Crippen molar-refractivity contribution in [3.05, 3.63) is 22.7 Å². The summed E-state index contributed by atoms with van der Waals surface area (Å²) in [6.45, 7) is 0.375. The second-order valence-corrected chi connectivity index (χ2v) is 6.48. The maximum Gasteiger partial charge on any atom is 0.241 e. The molecule has 9 heteroatoms. The summed E-state index contributed by atoms with van der Waals surface area (Å²) in [5, 5.41) is 7.61. The Labute approximate surface area is 125 Å². The van der Waals surface area contributed by atoms with Crippen LogP contribution >= 0.6 is 15.9 Å². The Morgan fingerprint density at radius 1 is 1.50 bits per heavy atom. The highest BCUT2D eigenvalue weighted by Crippen LogP contribution is 2.25. The first-order valence-electron chi connectivity index (χ1n) is 5.63. The minimum absolute atomic E-state index is 0.0499. The van der Waals surface area contributed by atoms with Gasteiger partial charge in [-0.3, -0.25) is 4.79 Å². The number of carbonyl (C=O) groups excluding carboxylic acids is 1. The third kappa shape index (κ3) is 4.84. The summed E-state index contributed by atoms with van der Waals surface area (Å²) < 4.78 is 27.6. The van der Waals surface area contributed by atoms with Crippen LogP contribution < -0.4 is 16.2 Å². The summed E-state index contributed by atoms with van der Waals surface area (Å²) in [7, 11) is -2.26. The monoisotopic (exact) mass is 365 g/mol. The van der Waals surface area contributed by atoms with E-state index in [9.17, 15) is 13.2 Å². The molecule has 0 aliphatic heterocycles. The molecule has 7 nitrogen and oxygen atoms in total. The third-order valence-corrected chi connectivity index (χ3v) is 4.06. The molecule has 1 rings (SSSR count). The molecule has 20 heavy (non-hydrogen) atoms. The number of hydrogen-bond acceptors (Lipinski definition) is 5. The molecule has 0 bridgehead atoms. The van der Waals surface area contributed by atoms with Crippen LogP contribution in [0.2, 0.25) is 0 Å². The Bertz CT molecular complexity index is 591. The number of carbonyl (C=O) groups is 1. The van der Waals surface area contributed by atoms with Crippen molar-refractivity contribution in [3.63, 3.8) is 0 Å². The highest BCUT2D eigenvalue weighted by molar-refractivity contribution is 9.10. The van der Waals surface area contributed by atoms with E-state index in [1.54, 1.807) is 0 Å². The van der Waals surface area contributed by atoms with Crippen molar-refractivity contribution in [1.82, 2.24) is 0 Å². The first kappa shape index (κ1) is 17.1. The molecule has 5 N–H and O–H groups in total. The van der Waals surface area contributed by atoms with Gasteiger partial charge in [-0.15, -0.1) is 0 Å². The van der Waals surface area contributed by atoms with Gasteiger partial charge < -0.3 is 15.8 Å². The van der Waals surface area contributed by atoms with Crippen LogP contribution in [-0.2, 0) is 19.6 Å². The average Bonchev–Trinajstić information content (AvgIpc) is 2.36. The lowest BCUT2D eigenvalue weighted by Crippen LogP contribution is -2.36. The van der Waals surface area contributed by atoms with Crippen molar-refractivity contribution in [3.8, 4) is 0 Å². The highest BCUT2D eigenvalue weighted by atomic mass is 79.9. The largest absolute Gasteiger partial charge is 0.385 e. The Kier molecular flexibility index (Phi) is 6.08. The predicted molar refractivity (Wildman–Crippen MR) is 78.6 cm³/mol. The summed E-state index contributed by atoms with van der Waals surface area (Å²) in [5.41, 5.74) is 6.09. The molecule has 0 spiro atoms. The van der Waals surface area contributed by atoms with Crippen LogP contribution in [0.3, 0.4) is 0 Å². The van der Waals surface area contributed by atoms with E-state index in [-0.39, 0.29) is 10.8 Å². The molecule has 1 aromatic rings. The Hall–Kier alpha value is -1.00. The fraction of sp³-hybridized carbons (Fsp3) is 0.364. The van der Waals surface area contributed by atoms with E-state index in [1.165, 1.54) is 25.3 Å². The summed E-state index contributed by atoms with van der Waals surface area (Å²) >= 11 is 3.17. The van der Waals surface area contributed by atoms with Crippen LogP contribution in [-0.4, -0.2) is 34.1 Å². The first-order chi connectivity index (χ1) is 9.25. The number of hydrogen-bond donors (Lipinski definition) is 3. The van der Waals surface area contributed by atoms with Crippen LogP contribution in [0.5, 0.6) is 0 Å². The smallest absolute Gasteiger partial charge is 0.241 e. The van der Waals surface area contributed by atoms with Gasteiger partial charge in [0, 0.05) is 18.2 Å². The molecular formula is C11H16BrN3O4S. The number of anilines is 1. The molecule has 0 radical (unpaired) electrons. The number of rotatable bonds is 6. The Balaban J connectivity index is 2.81. The van der Waals surface area contributed by atoms with Gasteiger partial charge in [0.05, 0.1) is 16.6 Å². The average molecular weight is 366 g/mol. The molecule has 1 atom stereocenters. The van der Waals surface area contributed by atoms with Gasteiger partial charge >= 0.3 is 0 Å². The van der Waals surface area contributed by atoms with Gasteiger partial charge in [-0.25, -0.2) is 13.6 Å². The molecular weight excluding hydrogens is 350 g/mol. The lowest BCUT2D eigenvalue weighted by atomic mass is 10.2. The van der Waals surface area contributed by atoms with Crippen molar-refractivity contribution < 1.29 is 17.9 Å². The lowest BCUT2D eigenvalue weighted by Gasteiger charge is -2.13. The second kappa shape index (κ2) is 7.14. The van der Waals surface area contributed by atoms with E-state index < -0.39 is 16.1 Å². The van der Waals surface area contributed by atoms with Crippen molar-refractivity contribution in [2.45, 2.75) is 17.4 Å². The van der Waals surface area contributed by atoms with Gasteiger partial charge in [0.25, 0.3) is 0 Å². The molecule has 1 unspecified atom stereocenters. The van der Waals surface area contributed by atoms with Gasteiger partial charge in [-0.1, -0.05) is 0 Å². The Morgan fingerprint density at radius 2 is 2.15 bits per heavy atom. The van der Waals surface area contributed by atoms with Crippen molar-refractivity contribution >= 4 is 37.5 Å². The molecule has 0 aromatic heterocycles. The van der Waals surface area contributed by atoms with Crippen molar-refractivity contribution in [2.75, 3.05) is 19.0 Å². The number of nitrogens with one attached hydrogen (secondary N) is 1. The van der Waals surface area contributed by atoms with E-state index in [2.05, 4.69) is 21.2 Å². The number of primary sulfonamides is 1. The number of sulfonamides is 1. The number of ether oxygens (including phenoxy) is 1. The summed E-state index contributed by atoms with van der Waals surface area (Å²) in [5.74, 6) is -0.383. The first-order valence-corrected chi connectivity index (χ1v) is 7.97. The van der Waals surface area contributed by atoms with Gasteiger partial charge in [0.2, 0.25) is 15.9 Å². The van der Waals surface area contributed by atoms with E-state index in [4.69, 9.17) is 15.6 Å². The van der Waals surface area contributed by atoms with Gasteiger partial charge in [0.1, 0.15) is 0 Å². The van der Waals surface area contributed by atoms with Crippen LogP contribution in [0.15, 0.2) is 27.6 Å². The summed E-state index contributed by atoms with van der Waals surface area (Å²) in [6.07, 6.45) is 0.384. The number of halogens is 1. The van der Waals surface area contributed by atoms with Crippen LogP contribution in [0.1, 0.15) is 6.42 Å². The van der Waals surface area contributed by atoms with E-state index in [0.29, 0.717) is 23.2 Å². The fourth-order valence-electron chi connectivity index (χ4n) is 1.38. The van der Waals surface area contributed by atoms with E-state index in [0.717, 1.165) is 0 Å².